The van der Waals surface area contributed by atoms with Crippen LogP contribution in [0.2, 0.25) is 0 Å². The number of benzene rings is 1. The van der Waals surface area contributed by atoms with Crippen molar-refractivity contribution in [1.82, 2.24) is 20.1 Å². The summed E-state index contributed by atoms with van der Waals surface area (Å²) in [5, 5.41) is 11.7. The number of H-pyrrole nitrogens is 1. The summed E-state index contributed by atoms with van der Waals surface area (Å²) in [6, 6.07) is 5.99. The molecule has 1 atom stereocenters. The number of nitrogens with one attached hydrogen (secondary N) is 2. The molecule has 2 fully saturated rings. The van der Waals surface area contributed by atoms with E-state index in [4.69, 9.17) is 4.42 Å². The standard InChI is InChI=1S/C20H22FN5O2/c1-12(18(27)26-8-6-20(4-5-20)7-9-26)22-19-25-24-17(28-19)16-11-13-10-14(21)2-3-15(13)23-16/h2-3,10-12,23H,4-9H2,1H3,(H,22,25)/t12-/m0/s1. The zero-order valence-corrected chi connectivity index (χ0v) is 15.7. The second kappa shape index (κ2) is 6.32. The molecule has 0 bridgehead atoms. The Bertz CT molecular complexity index is 1030. The summed E-state index contributed by atoms with van der Waals surface area (Å²) >= 11 is 0. The number of likely N-dealkylation sites (tertiary alicyclic amines) is 1. The van der Waals surface area contributed by atoms with Crippen LogP contribution < -0.4 is 5.32 Å². The van der Waals surface area contributed by atoms with E-state index in [0.29, 0.717) is 11.1 Å². The van der Waals surface area contributed by atoms with E-state index in [2.05, 4.69) is 20.5 Å². The molecule has 1 aliphatic heterocycles. The zero-order chi connectivity index (χ0) is 19.3. The molecule has 1 spiro atoms. The van der Waals surface area contributed by atoms with Crippen molar-refractivity contribution in [3.05, 3.63) is 30.1 Å². The van der Waals surface area contributed by atoms with E-state index in [1.807, 2.05) is 4.90 Å². The molecule has 2 N–H and O–H groups in total. The van der Waals surface area contributed by atoms with E-state index < -0.39 is 6.04 Å². The molecule has 0 unspecified atom stereocenters. The third kappa shape index (κ3) is 3.12. The predicted molar refractivity (Wildman–Crippen MR) is 102 cm³/mol. The number of aromatic nitrogens is 3. The van der Waals surface area contributed by atoms with Gasteiger partial charge in [-0.1, -0.05) is 5.10 Å². The minimum atomic E-state index is -0.446. The highest BCUT2D eigenvalue weighted by Crippen LogP contribution is 2.53. The van der Waals surface area contributed by atoms with Gasteiger partial charge in [-0.25, -0.2) is 4.39 Å². The topological polar surface area (TPSA) is 87.0 Å². The van der Waals surface area contributed by atoms with Crippen LogP contribution in [0.4, 0.5) is 10.4 Å². The van der Waals surface area contributed by atoms with Crippen LogP contribution in [0.1, 0.15) is 32.6 Å². The van der Waals surface area contributed by atoms with E-state index in [9.17, 15) is 9.18 Å². The number of amides is 1. The molecule has 7 nitrogen and oxygen atoms in total. The van der Waals surface area contributed by atoms with Crippen LogP contribution in [-0.2, 0) is 4.79 Å². The van der Waals surface area contributed by atoms with Crippen LogP contribution in [0.3, 0.4) is 0 Å². The largest absolute Gasteiger partial charge is 0.402 e. The quantitative estimate of drug-likeness (QED) is 0.719. The Kier molecular flexibility index (Phi) is 3.89. The number of nitrogens with zero attached hydrogens (tertiary/aromatic N) is 3. The van der Waals surface area contributed by atoms with Crippen LogP contribution >= 0.6 is 0 Å². The van der Waals surface area contributed by atoms with Crippen molar-refractivity contribution in [2.45, 2.75) is 38.6 Å². The van der Waals surface area contributed by atoms with E-state index in [1.165, 1.54) is 25.0 Å². The molecule has 1 saturated heterocycles. The van der Waals surface area contributed by atoms with Crippen LogP contribution in [-0.4, -0.2) is 45.1 Å². The first-order chi connectivity index (χ1) is 13.5. The number of carbonyl (C=O) groups is 1. The molecule has 1 aliphatic carbocycles. The average Bonchev–Trinajstić information content (AvgIpc) is 3.10. The van der Waals surface area contributed by atoms with Gasteiger partial charge in [-0.05, 0) is 62.3 Å². The van der Waals surface area contributed by atoms with Crippen molar-refractivity contribution in [2.75, 3.05) is 18.4 Å². The Morgan fingerprint density at radius 3 is 2.79 bits per heavy atom. The molecule has 5 rings (SSSR count). The lowest BCUT2D eigenvalue weighted by Crippen LogP contribution is -2.45. The molecular weight excluding hydrogens is 361 g/mol. The van der Waals surface area contributed by atoms with Crippen molar-refractivity contribution < 1.29 is 13.6 Å². The fourth-order valence-electron chi connectivity index (χ4n) is 4.01. The first-order valence-corrected chi connectivity index (χ1v) is 9.69. The smallest absolute Gasteiger partial charge is 0.316 e. The molecular formula is C20H22FN5O2. The number of hydrogen-bond acceptors (Lipinski definition) is 5. The van der Waals surface area contributed by atoms with E-state index in [-0.39, 0.29) is 23.6 Å². The molecule has 0 radical (unpaired) electrons. The summed E-state index contributed by atoms with van der Waals surface area (Å²) in [4.78, 5) is 17.7. The van der Waals surface area contributed by atoms with Crippen molar-refractivity contribution >= 4 is 22.8 Å². The highest BCUT2D eigenvalue weighted by molar-refractivity contribution is 5.85. The van der Waals surface area contributed by atoms with Crippen molar-refractivity contribution in [1.29, 1.82) is 0 Å². The summed E-state index contributed by atoms with van der Waals surface area (Å²) in [6.45, 7) is 3.45. The first kappa shape index (κ1) is 17.2. The van der Waals surface area contributed by atoms with Gasteiger partial charge in [0.1, 0.15) is 17.6 Å². The maximum absolute atomic E-state index is 13.4. The third-order valence-corrected chi connectivity index (χ3v) is 6.04. The summed E-state index contributed by atoms with van der Waals surface area (Å²) in [6.07, 6.45) is 4.84. The fourth-order valence-corrected chi connectivity index (χ4v) is 4.01. The molecule has 1 aromatic carbocycles. The minimum absolute atomic E-state index is 0.0522. The Morgan fingerprint density at radius 1 is 1.25 bits per heavy atom. The van der Waals surface area contributed by atoms with Crippen LogP contribution in [0.5, 0.6) is 0 Å². The van der Waals surface area contributed by atoms with Gasteiger partial charge < -0.3 is 19.6 Å². The van der Waals surface area contributed by atoms with Gasteiger partial charge in [-0.15, -0.1) is 5.10 Å². The van der Waals surface area contributed by atoms with E-state index >= 15 is 0 Å². The van der Waals surface area contributed by atoms with Crippen molar-refractivity contribution in [2.24, 2.45) is 5.41 Å². The lowest BCUT2D eigenvalue weighted by atomic mass is 9.93. The van der Waals surface area contributed by atoms with Gasteiger partial charge in [0.05, 0.1) is 0 Å². The SMILES string of the molecule is C[C@H](Nc1nnc(-c2cc3cc(F)ccc3[nH]2)o1)C(=O)N1CCC2(CC1)CC2. The highest BCUT2D eigenvalue weighted by atomic mass is 19.1. The van der Waals surface area contributed by atoms with Gasteiger partial charge in [0.15, 0.2) is 0 Å². The number of halogens is 1. The van der Waals surface area contributed by atoms with Crippen LogP contribution in [0.15, 0.2) is 28.7 Å². The lowest BCUT2D eigenvalue weighted by molar-refractivity contribution is -0.133. The monoisotopic (exact) mass is 383 g/mol. The number of fused-ring (bicyclic) bond motifs is 1. The average molecular weight is 383 g/mol. The number of anilines is 1. The number of aromatic amines is 1. The summed E-state index contributed by atoms with van der Waals surface area (Å²) < 4.78 is 19.0. The molecule has 8 heteroatoms. The normalized spacial score (nSPS) is 19.1. The number of hydrogen-bond donors (Lipinski definition) is 2. The van der Waals surface area contributed by atoms with Crippen molar-refractivity contribution in [3.63, 3.8) is 0 Å². The van der Waals surface area contributed by atoms with Crippen LogP contribution in [0.25, 0.3) is 22.5 Å². The van der Waals surface area contributed by atoms with Gasteiger partial charge in [-0.2, -0.15) is 0 Å². The van der Waals surface area contributed by atoms with Crippen molar-refractivity contribution in [3.8, 4) is 11.6 Å². The van der Waals surface area contributed by atoms with E-state index in [0.717, 1.165) is 36.8 Å². The second-order valence-corrected chi connectivity index (χ2v) is 8.02. The Labute approximate surface area is 161 Å². The van der Waals surface area contributed by atoms with Gasteiger partial charge >= 0.3 is 6.01 Å². The Morgan fingerprint density at radius 2 is 2.04 bits per heavy atom. The first-order valence-electron chi connectivity index (χ1n) is 9.69. The van der Waals surface area contributed by atoms with Gasteiger partial charge in [0, 0.05) is 24.0 Å². The lowest BCUT2D eigenvalue weighted by Gasteiger charge is -2.33. The predicted octanol–water partition coefficient (Wildman–Crippen LogP) is 3.56. The maximum Gasteiger partial charge on any atom is 0.316 e. The molecule has 2 aromatic heterocycles. The Hall–Kier alpha value is -2.90. The van der Waals surface area contributed by atoms with E-state index in [1.54, 1.807) is 19.1 Å². The molecule has 1 amide bonds. The maximum atomic E-state index is 13.4. The Balaban J connectivity index is 1.25. The molecule has 146 valence electrons. The number of rotatable bonds is 4. The fraction of sp³-hybridized carbons (Fsp3) is 0.450. The number of piperidine rings is 1. The van der Waals surface area contributed by atoms with Gasteiger partial charge in [-0.3, -0.25) is 4.79 Å². The zero-order valence-electron chi connectivity index (χ0n) is 15.7. The van der Waals surface area contributed by atoms with Gasteiger partial charge in [0.2, 0.25) is 5.91 Å². The highest BCUT2D eigenvalue weighted by Gasteiger charge is 2.45. The summed E-state index contributed by atoms with van der Waals surface area (Å²) in [5.41, 5.74) is 1.93. The molecule has 1 saturated carbocycles. The van der Waals surface area contributed by atoms with Crippen LogP contribution in [0, 0.1) is 11.2 Å². The molecule has 3 aromatic rings. The third-order valence-electron chi connectivity index (χ3n) is 6.04. The molecule has 3 heterocycles. The van der Waals surface area contributed by atoms with Gasteiger partial charge in [0.25, 0.3) is 5.89 Å². The molecule has 2 aliphatic rings. The second-order valence-electron chi connectivity index (χ2n) is 8.02. The molecule has 28 heavy (non-hydrogen) atoms. The number of carbonyl (C=O) groups excluding carboxylic acids is 1. The minimum Gasteiger partial charge on any atom is -0.402 e. The summed E-state index contributed by atoms with van der Waals surface area (Å²) in [7, 11) is 0. The summed E-state index contributed by atoms with van der Waals surface area (Å²) in [5.74, 6) is 0.0346.